The van der Waals surface area contributed by atoms with Crippen molar-refractivity contribution in [1.82, 2.24) is 4.90 Å². The molecule has 7 heteroatoms. The predicted molar refractivity (Wildman–Crippen MR) is 130 cm³/mol. The van der Waals surface area contributed by atoms with E-state index in [4.69, 9.17) is 9.73 Å². The molecule has 6 nitrogen and oxygen atoms in total. The summed E-state index contributed by atoms with van der Waals surface area (Å²) in [7, 11) is 0. The van der Waals surface area contributed by atoms with E-state index in [9.17, 15) is 9.59 Å². The summed E-state index contributed by atoms with van der Waals surface area (Å²) >= 11 is 1.62. The van der Waals surface area contributed by atoms with Crippen LogP contribution in [0.1, 0.15) is 45.1 Å². The van der Waals surface area contributed by atoms with Crippen LogP contribution in [0.4, 0.5) is 11.4 Å². The maximum atomic E-state index is 13.2. The Labute approximate surface area is 193 Å². The van der Waals surface area contributed by atoms with Crippen LogP contribution < -0.4 is 9.64 Å². The average molecular weight is 452 g/mol. The van der Waals surface area contributed by atoms with Gasteiger partial charge in [0.15, 0.2) is 11.3 Å². The summed E-state index contributed by atoms with van der Waals surface area (Å²) in [6, 6.07) is 15.6. The number of fused-ring (bicyclic) bond motifs is 1. The maximum absolute atomic E-state index is 13.2. The number of carbonyl (C=O) groups is 2. The van der Waals surface area contributed by atoms with E-state index in [1.807, 2.05) is 42.5 Å². The van der Waals surface area contributed by atoms with Crippen molar-refractivity contribution in [3.8, 4) is 5.75 Å². The van der Waals surface area contributed by atoms with Crippen LogP contribution in [0.2, 0.25) is 0 Å². The van der Waals surface area contributed by atoms with Gasteiger partial charge in [-0.05, 0) is 43.0 Å². The molecule has 0 radical (unpaired) electrons. The van der Waals surface area contributed by atoms with Gasteiger partial charge in [-0.15, -0.1) is 0 Å². The predicted octanol–water partition coefficient (Wildman–Crippen LogP) is 4.97. The van der Waals surface area contributed by atoms with Crippen molar-refractivity contribution < 1.29 is 14.3 Å². The lowest BCUT2D eigenvalue weighted by atomic mass is 10.0. The summed E-state index contributed by atoms with van der Waals surface area (Å²) in [6.45, 7) is 7.01. The fourth-order valence-corrected chi connectivity index (χ4v) is 4.96. The molecule has 1 unspecified atom stereocenters. The third-order valence-corrected chi connectivity index (χ3v) is 6.75. The molecule has 2 heterocycles. The third-order valence-electron chi connectivity index (χ3n) is 5.69. The van der Waals surface area contributed by atoms with E-state index in [1.54, 1.807) is 28.5 Å². The van der Waals surface area contributed by atoms with Crippen LogP contribution in [0.3, 0.4) is 0 Å². The largest absolute Gasteiger partial charge is 0.479 e. The molecule has 2 aromatic rings. The second kappa shape index (κ2) is 9.77. The minimum atomic E-state index is -0.560. The second-order valence-electron chi connectivity index (χ2n) is 8.32. The highest BCUT2D eigenvalue weighted by Gasteiger charge is 2.32. The third kappa shape index (κ3) is 4.67. The normalized spacial score (nSPS) is 19.8. The van der Waals surface area contributed by atoms with Crippen LogP contribution in [0.25, 0.3) is 0 Å². The average Bonchev–Trinajstić information content (AvgIpc) is 2.80. The van der Waals surface area contributed by atoms with Crippen LogP contribution in [0.5, 0.6) is 5.75 Å². The Balaban J connectivity index is 1.52. The second-order valence-corrected chi connectivity index (χ2v) is 9.39. The highest BCUT2D eigenvalue weighted by Crippen LogP contribution is 2.34. The molecule has 1 fully saturated rings. The molecule has 1 atom stereocenters. The van der Waals surface area contributed by atoms with Gasteiger partial charge in [0.2, 0.25) is 5.91 Å². The monoisotopic (exact) mass is 451 g/mol. The van der Waals surface area contributed by atoms with Gasteiger partial charge in [-0.3, -0.25) is 14.5 Å². The lowest BCUT2D eigenvalue weighted by Gasteiger charge is -2.34. The number of carbonyl (C=O) groups excluding carboxylic acids is 2. The number of nitrogens with zero attached hydrogens (tertiary/aromatic N) is 3. The zero-order chi connectivity index (χ0) is 22.7. The summed E-state index contributed by atoms with van der Waals surface area (Å²) in [5, 5.41) is 0.747. The zero-order valence-electron chi connectivity index (χ0n) is 18.8. The van der Waals surface area contributed by atoms with Gasteiger partial charge in [-0.25, -0.2) is 4.99 Å². The number of ether oxygens (including phenoxy) is 1. The smallest absolute Gasteiger partial charge is 0.267 e. The molecule has 0 saturated carbocycles. The van der Waals surface area contributed by atoms with Gasteiger partial charge < -0.3 is 9.64 Å². The number of anilines is 1. The van der Waals surface area contributed by atoms with Crippen molar-refractivity contribution >= 4 is 40.1 Å². The zero-order valence-corrected chi connectivity index (χ0v) is 19.6. The van der Waals surface area contributed by atoms with Gasteiger partial charge in [0, 0.05) is 25.3 Å². The fraction of sp³-hybridized carbons (Fsp3) is 0.400. The number of rotatable bonds is 5. The van der Waals surface area contributed by atoms with Crippen molar-refractivity contribution in [1.29, 1.82) is 0 Å². The molecule has 0 spiro atoms. The number of hydrogen-bond donors (Lipinski definition) is 0. The summed E-state index contributed by atoms with van der Waals surface area (Å²) in [4.78, 5) is 34.3. The van der Waals surface area contributed by atoms with Gasteiger partial charge >= 0.3 is 0 Å². The minimum Gasteiger partial charge on any atom is -0.479 e. The van der Waals surface area contributed by atoms with Crippen LogP contribution in [-0.2, 0) is 9.59 Å². The Kier molecular flexibility index (Phi) is 6.84. The number of amides is 2. The first kappa shape index (κ1) is 22.4. The molecule has 0 N–H and O–H groups in total. The Morgan fingerprint density at radius 2 is 1.94 bits per heavy atom. The van der Waals surface area contributed by atoms with E-state index in [-0.39, 0.29) is 18.2 Å². The van der Waals surface area contributed by atoms with E-state index in [0.29, 0.717) is 24.8 Å². The summed E-state index contributed by atoms with van der Waals surface area (Å²) in [5.74, 6) is 1.83. The topological polar surface area (TPSA) is 62.2 Å². The van der Waals surface area contributed by atoms with Gasteiger partial charge in [-0.2, -0.15) is 0 Å². The highest BCUT2D eigenvalue weighted by atomic mass is 32.2. The van der Waals surface area contributed by atoms with Crippen LogP contribution in [0.15, 0.2) is 53.5 Å². The van der Waals surface area contributed by atoms with Crippen molar-refractivity contribution in [2.24, 2.45) is 4.99 Å². The number of amidine groups is 1. The molecule has 0 aromatic heterocycles. The van der Waals surface area contributed by atoms with Crippen molar-refractivity contribution in [3.05, 3.63) is 54.1 Å². The number of hydrogen-bond acceptors (Lipinski definition) is 5. The lowest BCUT2D eigenvalue weighted by molar-refractivity contribution is -0.127. The molecule has 4 rings (SSSR count). The molecule has 2 aliphatic rings. The Hall–Kier alpha value is -2.80. The number of para-hydroxylation sites is 3. The van der Waals surface area contributed by atoms with E-state index in [0.717, 1.165) is 28.7 Å². The first-order chi connectivity index (χ1) is 15.5. The molecule has 168 valence electrons. The molecular formula is C25H29N3O3S. The summed E-state index contributed by atoms with van der Waals surface area (Å²) in [6.07, 6.45) is 0.603. The molecular weight excluding hydrogens is 422 g/mol. The highest BCUT2D eigenvalue weighted by molar-refractivity contribution is 8.13. The number of aliphatic imine (C=N–C) groups is 1. The van der Waals surface area contributed by atoms with Crippen LogP contribution in [-0.4, -0.2) is 46.8 Å². The SMILES string of the molecule is CC1Oc2ccccc2N(CCC(=O)N2CCCSC2=Nc2ccccc2C(C)C)C1=O. The van der Waals surface area contributed by atoms with E-state index in [1.165, 1.54) is 5.56 Å². The van der Waals surface area contributed by atoms with Gasteiger partial charge in [0.05, 0.1) is 11.4 Å². The molecule has 0 aliphatic carbocycles. The Bertz CT molecular complexity index is 1040. The van der Waals surface area contributed by atoms with Crippen LogP contribution in [0, 0.1) is 0 Å². The fourth-order valence-electron chi connectivity index (χ4n) is 4.00. The quantitative estimate of drug-likeness (QED) is 0.644. The molecule has 2 amide bonds. The number of benzene rings is 2. The molecule has 32 heavy (non-hydrogen) atoms. The Morgan fingerprint density at radius 3 is 2.75 bits per heavy atom. The number of thioether (sulfide) groups is 1. The van der Waals surface area contributed by atoms with Gasteiger partial charge in [-0.1, -0.05) is 55.9 Å². The Morgan fingerprint density at radius 1 is 1.19 bits per heavy atom. The van der Waals surface area contributed by atoms with Crippen molar-refractivity contribution in [2.45, 2.75) is 45.6 Å². The summed E-state index contributed by atoms with van der Waals surface area (Å²) in [5.41, 5.74) is 2.80. The lowest BCUT2D eigenvalue weighted by Crippen LogP contribution is -2.47. The first-order valence-electron chi connectivity index (χ1n) is 11.1. The van der Waals surface area contributed by atoms with Crippen LogP contribution >= 0.6 is 11.8 Å². The molecule has 1 saturated heterocycles. The van der Waals surface area contributed by atoms with Gasteiger partial charge in [0.25, 0.3) is 5.91 Å². The molecule has 2 aromatic carbocycles. The molecule has 2 aliphatic heterocycles. The van der Waals surface area contributed by atoms with E-state index in [2.05, 4.69) is 19.9 Å². The summed E-state index contributed by atoms with van der Waals surface area (Å²) < 4.78 is 5.70. The first-order valence-corrected chi connectivity index (χ1v) is 12.1. The van der Waals surface area contributed by atoms with Gasteiger partial charge in [0.1, 0.15) is 5.75 Å². The molecule has 0 bridgehead atoms. The minimum absolute atomic E-state index is 0.0117. The van der Waals surface area contributed by atoms with Crippen molar-refractivity contribution in [2.75, 3.05) is 23.7 Å². The van der Waals surface area contributed by atoms with E-state index >= 15 is 0 Å². The standard InChI is InChI=1S/C25H29N3O3S/c1-17(2)19-9-4-5-10-20(19)26-25-28(14-8-16-32-25)23(29)13-15-27-21-11-6-7-12-22(21)31-18(3)24(27)30/h4-7,9-12,17-18H,8,13-16H2,1-3H3. The maximum Gasteiger partial charge on any atom is 0.267 e. The van der Waals surface area contributed by atoms with Crippen molar-refractivity contribution in [3.63, 3.8) is 0 Å². The van der Waals surface area contributed by atoms with E-state index < -0.39 is 6.10 Å².